The maximum Gasteiger partial charge on any atom is 0.250 e. The van der Waals surface area contributed by atoms with Gasteiger partial charge in [0.25, 0.3) is 0 Å². The highest BCUT2D eigenvalue weighted by Gasteiger charge is 2.18. The van der Waals surface area contributed by atoms with Crippen LogP contribution in [0.2, 0.25) is 0 Å². The maximum atomic E-state index is 12.3. The predicted octanol–water partition coefficient (Wildman–Crippen LogP) is 2.62. The predicted molar refractivity (Wildman–Crippen MR) is 95.9 cm³/mol. The van der Waals surface area contributed by atoms with Crippen molar-refractivity contribution in [2.75, 3.05) is 18.0 Å². The van der Waals surface area contributed by atoms with Crippen molar-refractivity contribution in [2.45, 2.75) is 43.9 Å². The zero-order valence-electron chi connectivity index (χ0n) is 13.9. The molecule has 0 aliphatic carbocycles. The Morgan fingerprint density at radius 2 is 1.92 bits per heavy atom. The molecule has 8 heteroatoms. The zero-order chi connectivity index (χ0) is 17.2. The van der Waals surface area contributed by atoms with Gasteiger partial charge in [0.2, 0.25) is 16.0 Å². The monoisotopic (exact) mass is 366 g/mol. The number of piperidine rings is 1. The Hall–Kier alpha value is -1.51. The van der Waals surface area contributed by atoms with Crippen molar-refractivity contribution in [1.29, 1.82) is 0 Å². The molecule has 0 aromatic carbocycles. The molecule has 1 saturated heterocycles. The van der Waals surface area contributed by atoms with Crippen molar-refractivity contribution in [3.8, 4) is 0 Å². The Kier molecular flexibility index (Phi) is 5.17. The lowest BCUT2D eigenvalue weighted by atomic mass is 10.1. The van der Waals surface area contributed by atoms with Crippen LogP contribution in [0.5, 0.6) is 0 Å². The minimum Gasteiger partial charge on any atom is -0.341 e. The Morgan fingerprint density at radius 3 is 2.58 bits per heavy atom. The first-order valence-corrected chi connectivity index (χ1v) is 10.4. The summed E-state index contributed by atoms with van der Waals surface area (Å²) in [4.78, 5) is 12.2. The highest BCUT2D eigenvalue weighted by molar-refractivity contribution is 7.91. The Balaban J connectivity index is 1.74. The fourth-order valence-corrected chi connectivity index (χ4v) is 5.07. The molecule has 3 heterocycles. The van der Waals surface area contributed by atoms with E-state index < -0.39 is 10.0 Å². The number of sulfonamides is 1. The number of aromatic nitrogens is 2. The largest absolute Gasteiger partial charge is 0.341 e. The van der Waals surface area contributed by atoms with Gasteiger partial charge in [-0.25, -0.2) is 23.1 Å². The lowest BCUT2D eigenvalue weighted by Gasteiger charge is -2.27. The second-order valence-corrected chi connectivity index (χ2v) is 9.32. The Labute approximate surface area is 147 Å². The second kappa shape index (κ2) is 7.16. The molecule has 1 fully saturated rings. The summed E-state index contributed by atoms with van der Waals surface area (Å²) in [6.45, 7) is 5.90. The lowest BCUT2D eigenvalue weighted by Crippen LogP contribution is -2.31. The van der Waals surface area contributed by atoms with Gasteiger partial charge in [0.15, 0.2) is 0 Å². The molecule has 0 saturated carbocycles. The van der Waals surface area contributed by atoms with Crippen LogP contribution in [0.3, 0.4) is 0 Å². The third-order valence-corrected chi connectivity index (χ3v) is 6.85. The minimum atomic E-state index is -3.49. The molecule has 2 aromatic heterocycles. The Morgan fingerprint density at radius 1 is 1.17 bits per heavy atom. The second-order valence-electron chi connectivity index (χ2n) is 6.04. The summed E-state index contributed by atoms with van der Waals surface area (Å²) in [5, 5.41) is 0. The number of nitrogens with one attached hydrogen (secondary N) is 1. The normalized spacial score (nSPS) is 15.7. The van der Waals surface area contributed by atoms with Crippen LogP contribution in [0.1, 0.15) is 35.5 Å². The molecule has 130 valence electrons. The van der Waals surface area contributed by atoms with Gasteiger partial charge in [-0.15, -0.1) is 11.3 Å². The van der Waals surface area contributed by atoms with Gasteiger partial charge in [-0.1, -0.05) is 0 Å². The van der Waals surface area contributed by atoms with E-state index in [0.717, 1.165) is 36.5 Å². The maximum absolute atomic E-state index is 12.3. The van der Waals surface area contributed by atoms with Crippen molar-refractivity contribution in [2.24, 2.45) is 0 Å². The highest BCUT2D eigenvalue weighted by atomic mass is 32.2. The number of nitrogens with zero attached hydrogens (tertiary/aromatic N) is 3. The first-order valence-electron chi connectivity index (χ1n) is 8.10. The molecule has 0 spiro atoms. The lowest BCUT2D eigenvalue weighted by molar-refractivity contribution is 0.565. The van der Waals surface area contributed by atoms with Gasteiger partial charge in [0.1, 0.15) is 4.21 Å². The highest BCUT2D eigenvalue weighted by Crippen LogP contribution is 2.21. The molecule has 1 aliphatic heterocycles. The molecule has 0 amide bonds. The number of thiophene rings is 1. The molecular weight excluding hydrogens is 344 g/mol. The average molecular weight is 367 g/mol. The van der Waals surface area contributed by atoms with Crippen molar-refractivity contribution < 1.29 is 8.42 Å². The van der Waals surface area contributed by atoms with Crippen LogP contribution >= 0.6 is 11.3 Å². The SMILES string of the molecule is Cc1cc(CNS(=O)(=O)c2ccc(C)s2)nc(N2CCCCC2)n1. The van der Waals surface area contributed by atoms with E-state index in [1.54, 1.807) is 6.07 Å². The van der Waals surface area contributed by atoms with E-state index in [2.05, 4.69) is 19.6 Å². The molecule has 2 aromatic rings. The Bertz CT molecular complexity index is 811. The van der Waals surface area contributed by atoms with Crippen molar-refractivity contribution in [3.05, 3.63) is 34.5 Å². The van der Waals surface area contributed by atoms with Gasteiger partial charge in [0, 0.05) is 23.7 Å². The molecular formula is C16H22N4O2S2. The molecule has 1 N–H and O–H groups in total. The number of hydrogen-bond acceptors (Lipinski definition) is 6. The standard InChI is InChI=1S/C16H22N4O2S2/c1-12-10-14(19-16(18-12)20-8-4-3-5-9-20)11-17-24(21,22)15-7-6-13(2)23-15/h6-7,10,17H,3-5,8-9,11H2,1-2H3. The van der Waals surface area contributed by atoms with E-state index >= 15 is 0 Å². The van der Waals surface area contributed by atoms with E-state index in [0.29, 0.717) is 15.9 Å². The molecule has 3 rings (SSSR count). The zero-order valence-corrected chi connectivity index (χ0v) is 15.6. The molecule has 1 aliphatic rings. The van der Waals surface area contributed by atoms with Gasteiger partial charge in [-0.2, -0.15) is 0 Å². The molecule has 0 radical (unpaired) electrons. The van der Waals surface area contributed by atoms with Gasteiger partial charge in [-0.05, 0) is 51.3 Å². The van der Waals surface area contributed by atoms with Crippen LogP contribution in [0.25, 0.3) is 0 Å². The average Bonchev–Trinajstić information content (AvgIpc) is 3.01. The summed E-state index contributed by atoms with van der Waals surface area (Å²) in [5.74, 6) is 0.705. The summed E-state index contributed by atoms with van der Waals surface area (Å²) in [6, 6.07) is 5.27. The quantitative estimate of drug-likeness (QED) is 0.880. The van der Waals surface area contributed by atoms with Crippen LogP contribution < -0.4 is 9.62 Å². The summed E-state index contributed by atoms with van der Waals surface area (Å²) < 4.78 is 27.6. The van der Waals surface area contributed by atoms with E-state index in [4.69, 9.17) is 0 Å². The molecule has 0 atom stereocenters. The number of rotatable bonds is 5. The molecule has 6 nitrogen and oxygen atoms in total. The topological polar surface area (TPSA) is 75.2 Å². The van der Waals surface area contributed by atoms with Crippen LogP contribution in [-0.4, -0.2) is 31.5 Å². The van der Waals surface area contributed by atoms with Gasteiger partial charge in [0.05, 0.1) is 12.2 Å². The number of hydrogen-bond donors (Lipinski definition) is 1. The number of aryl methyl sites for hydroxylation is 2. The summed E-state index contributed by atoms with van der Waals surface area (Å²) in [5.41, 5.74) is 1.55. The third-order valence-electron chi connectivity index (χ3n) is 3.96. The van der Waals surface area contributed by atoms with Crippen molar-refractivity contribution in [1.82, 2.24) is 14.7 Å². The minimum absolute atomic E-state index is 0.170. The van der Waals surface area contributed by atoms with Crippen LogP contribution in [0, 0.1) is 13.8 Å². The van der Waals surface area contributed by atoms with E-state index in [1.807, 2.05) is 26.0 Å². The molecule has 0 bridgehead atoms. The van der Waals surface area contributed by atoms with Crippen LogP contribution in [0.4, 0.5) is 5.95 Å². The van der Waals surface area contributed by atoms with Crippen molar-refractivity contribution >= 4 is 27.3 Å². The van der Waals surface area contributed by atoms with E-state index in [9.17, 15) is 8.42 Å². The van der Waals surface area contributed by atoms with E-state index in [-0.39, 0.29) is 6.54 Å². The number of anilines is 1. The van der Waals surface area contributed by atoms with Gasteiger partial charge >= 0.3 is 0 Å². The smallest absolute Gasteiger partial charge is 0.250 e. The summed E-state index contributed by atoms with van der Waals surface area (Å²) in [6.07, 6.45) is 3.54. The fourth-order valence-electron chi connectivity index (χ4n) is 2.74. The summed E-state index contributed by atoms with van der Waals surface area (Å²) >= 11 is 1.27. The van der Waals surface area contributed by atoms with Crippen LogP contribution in [0.15, 0.2) is 22.4 Å². The molecule has 0 unspecified atom stereocenters. The summed E-state index contributed by atoms with van der Waals surface area (Å²) in [7, 11) is -3.49. The fraction of sp³-hybridized carbons (Fsp3) is 0.500. The van der Waals surface area contributed by atoms with Gasteiger partial charge in [-0.3, -0.25) is 0 Å². The van der Waals surface area contributed by atoms with Crippen LogP contribution in [-0.2, 0) is 16.6 Å². The first kappa shape index (κ1) is 17.3. The molecule has 24 heavy (non-hydrogen) atoms. The van der Waals surface area contributed by atoms with Crippen molar-refractivity contribution in [3.63, 3.8) is 0 Å². The van der Waals surface area contributed by atoms with Gasteiger partial charge < -0.3 is 4.90 Å². The third kappa shape index (κ3) is 4.12. The van der Waals surface area contributed by atoms with E-state index in [1.165, 1.54) is 17.8 Å². The first-order chi connectivity index (χ1) is 11.4.